The first-order chi connectivity index (χ1) is 10.2. The van der Waals surface area contributed by atoms with E-state index >= 15 is 0 Å². The van der Waals surface area contributed by atoms with Gasteiger partial charge in [0.2, 0.25) is 5.91 Å². The van der Waals surface area contributed by atoms with Gasteiger partial charge in [-0.05, 0) is 25.7 Å². The molecule has 0 aromatic carbocycles. The van der Waals surface area contributed by atoms with Gasteiger partial charge in [-0.2, -0.15) is 5.26 Å². The topological polar surface area (TPSA) is 107 Å². The van der Waals surface area contributed by atoms with Gasteiger partial charge in [-0.15, -0.1) is 5.10 Å². The molecule has 7 heteroatoms. The molecule has 0 saturated carbocycles. The lowest BCUT2D eigenvalue weighted by atomic mass is 9.94. The number of carbonyl (C=O) groups excluding carboxylic acids is 1. The van der Waals surface area contributed by atoms with Gasteiger partial charge in [0.05, 0.1) is 23.9 Å². The van der Waals surface area contributed by atoms with Crippen LogP contribution in [-0.2, 0) is 22.5 Å². The number of nitriles is 1. The summed E-state index contributed by atoms with van der Waals surface area (Å²) in [5.74, 6) is -0.0705. The molecule has 0 bridgehead atoms. The number of primary amides is 1. The number of nitrogens with zero attached hydrogens (tertiary/aromatic N) is 4. The molecule has 1 aromatic rings. The van der Waals surface area contributed by atoms with E-state index in [9.17, 15) is 4.79 Å². The molecular formula is C14H21N5O2. The van der Waals surface area contributed by atoms with E-state index in [0.717, 1.165) is 51.1 Å². The highest BCUT2D eigenvalue weighted by Gasteiger charge is 2.25. The van der Waals surface area contributed by atoms with Crippen LogP contribution in [-0.4, -0.2) is 34.1 Å². The van der Waals surface area contributed by atoms with E-state index in [4.69, 9.17) is 15.7 Å². The second-order valence-electron chi connectivity index (χ2n) is 5.29. The average molecular weight is 291 g/mol. The van der Waals surface area contributed by atoms with Crippen molar-refractivity contribution in [1.29, 1.82) is 5.26 Å². The maximum Gasteiger partial charge on any atom is 0.223 e. The first kappa shape index (κ1) is 15.4. The third kappa shape index (κ3) is 4.26. The van der Waals surface area contributed by atoms with Crippen molar-refractivity contribution in [2.24, 2.45) is 5.73 Å². The second kappa shape index (κ2) is 7.74. The Labute approximate surface area is 124 Å². The van der Waals surface area contributed by atoms with Gasteiger partial charge in [-0.1, -0.05) is 5.21 Å². The molecule has 0 radical (unpaired) electrons. The predicted molar refractivity (Wildman–Crippen MR) is 75.2 cm³/mol. The van der Waals surface area contributed by atoms with Gasteiger partial charge in [0.15, 0.2) is 0 Å². The van der Waals surface area contributed by atoms with Crippen LogP contribution in [0.2, 0.25) is 0 Å². The van der Waals surface area contributed by atoms with Crippen LogP contribution in [0.5, 0.6) is 0 Å². The van der Waals surface area contributed by atoms with Gasteiger partial charge < -0.3 is 10.5 Å². The number of hydrogen-bond acceptors (Lipinski definition) is 5. The van der Waals surface area contributed by atoms with E-state index in [2.05, 4.69) is 16.4 Å². The number of hydrogen-bond donors (Lipinski definition) is 1. The molecule has 1 aliphatic rings. The highest BCUT2D eigenvalue weighted by Crippen LogP contribution is 2.29. The third-order valence-electron chi connectivity index (χ3n) is 3.71. The van der Waals surface area contributed by atoms with Crippen LogP contribution in [0.15, 0.2) is 0 Å². The Balaban J connectivity index is 2.12. The Bertz CT molecular complexity index is 514. The van der Waals surface area contributed by atoms with Gasteiger partial charge in [0, 0.05) is 32.1 Å². The summed E-state index contributed by atoms with van der Waals surface area (Å²) in [6, 6.07) is 2.14. The molecule has 1 saturated heterocycles. The smallest absolute Gasteiger partial charge is 0.223 e. The van der Waals surface area contributed by atoms with Gasteiger partial charge in [0.1, 0.15) is 0 Å². The molecule has 114 valence electrons. The monoisotopic (exact) mass is 291 g/mol. The Morgan fingerprint density at radius 1 is 1.43 bits per heavy atom. The number of amides is 1. The van der Waals surface area contributed by atoms with Crippen molar-refractivity contribution in [1.82, 2.24) is 15.0 Å². The predicted octanol–water partition coefficient (Wildman–Crippen LogP) is 0.894. The minimum Gasteiger partial charge on any atom is -0.381 e. The lowest BCUT2D eigenvalue weighted by Crippen LogP contribution is -2.21. The van der Waals surface area contributed by atoms with E-state index < -0.39 is 0 Å². The van der Waals surface area contributed by atoms with Crippen LogP contribution in [0.3, 0.4) is 0 Å². The molecule has 0 aliphatic carbocycles. The zero-order valence-corrected chi connectivity index (χ0v) is 12.1. The zero-order valence-electron chi connectivity index (χ0n) is 12.1. The van der Waals surface area contributed by atoms with Crippen molar-refractivity contribution in [2.45, 2.75) is 51.0 Å². The summed E-state index contributed by atoms with van der Waals surface area (Å²) in [6.45, 7) is 2.17. The van der Waals surface area contributed by atoms with Crippen molar-refractivity contribution in [3.05, 3.63) is 11.4 Å². The number of aryl methyl sites for hydroxylation is 1. The SMILES string of the molecule is N#CCCCCn1nnc(CC(N)=O)c1C1CCOCC1. The lowest BCUT2D eigenvalue weighted by molar-refractivity contribution is -0.117. The van der Waals surface area contributed by atoms with E-state index in [1.54, 1.807) is 0 Å². The lowest BCUT2D eigenvalue weighted by Gasteiger charge is -2.23. The largest absolute Gasteiger partial charge is 0.381 e. The highest BCUT2D eigenvalue weighted by molar-refractivity contribution is 5.76. The average Bonchev–Trinajstić information content (AvgIpc) is 2.86. The van der Waals surface area contributed by atoms with Gasteiger partial charge >= 0.3 is 0 Å². The van der Waals surface area contributed by atoms with Crippen LogP contribution in [0.1, 0.15) is 49.4 Å². The summed E-state index contributed by atoms with van der Waals surface area (Å²) < 4.78 is 7.27. The molecule has 0 atom stereocenters. The molecule has 2 rings (SSSR count). The van der Waals surface area contributed by atoms with Crippen LogP contribution >= 0.6 is 0 Å². The van der Waals surface area contributed by atoms with Gasteiger partial charge in [0.25, 0.3) is 0 Å². The number of aromatic nitrogens is 3. The Morgan fingerprint density at radius 2 is 2.19 bits per heavy atom. The van der Waals surface area contributed by atoms with Crippen molar-refractivity contribution < 1.29 is 9.53 Å². The Kier molecular flexibility index (Phi) is 5.69. The molecule has 1 aliphatic heterocycles. The summed E-state index contributed by atoms with van der Waals surface area (Å²) >= 11 is 0. The Hall–Kier alpha value is -1.94. The van der Waals surface area contributed by atoms with E-state index in [1.807, 2.05) is 4.68 Å². The van der Waals surface area contributed by atoms with Crippen molar-refractivity contribution >= 4 is 5.91 Å². The molecule has 0 spiro atoms. The minimum absolute atomic E-state index is 0.130. The molecule has 0 unspecified atom stereocenters. The first-order valence-corrected chi connectivity index (χ1v) is 7.37. The standard InChI is InChI=1S/C14H21N5O2/c15-6-2-1-3-7-19-14(11-4-8-21-9-5-11)12(17-18-19)10-13(16)20/h11H,1-5,7-10H2,(H2,16,20). The number of nitrogens with two attached hydrogens (primary N) is 1. The summed E-state index contributed by atoms with van der Waals surface area (Å²) in [4.78, 5) is 11.2. The van der Waals surface area contributed by atoms with Crippen molar-refractivity contribution in [3.8, 4) is 6.07 Å². The number of unbranched alkanes of at least 4 members (excludes halogenated alkanes) is 2. The third-order valence-corrected chi connectivity index (χ3v) is 3.71. The molecule has 1 aromatic heterocycles. The summed E-state index contributed by atoms with van der Waals surface area (Å²) in [7, 11) is 0. The van der Waals surface area contributed by atoms with E-state index in [1.165, 1.54) is 0 Å². The van der Waals surface area contributed by atoms with Crippen LogP contribution < -0.4 is 5.73 Å². The molecular weight excluding hydrogens is 270 g/mol. The van der Waals surface area contributed by atoms with E-state index in [0.29, 0.717) is 18.0 Å². The number of carbonyl (C=O) groups is 1. The summed E-state index contributed by atoms with van der Waals surface area (Å²) in [5.41, 5.74) is 7.01. The molecule has 2 N–H and O–H groups in total. The van der Waals surface area contributed by atoms with Crippen LogP contribution in [0.4, 0.5) is 0 Å². The normalized spacial score (nSPS) is 15.8. The number of rotatable bonds is 7. The quantitative estimate of drug-likeness (QED) is 0.751. The maximum absolute atomic E-state index is 11.2. The minimum atomic E-state index is -0.389. The highest BCUT2D eigenvalue weighted by atomic mass is 16.5. The first-order valence-electron chi connectivity index (χ1n) is 7.37. The number of ether oxygens (including phenoxy) is 1. The summed E-state index contributed by atoms with van der Waals surface area (Å²) in [6.07, 6.45) is 4.23. The van der Waals surface area contributed by atoms with Crippen molar-refractivity contribution in [3.63, 3.8) is 0 Å². The zero-order chi connectivity index (χ0) is 15.1. The molecule has 1 amide bonds. The molecule has 7 nitrogen and oxygen atoms in total. The fourth-order valence-corrected chi connectivity index (χ4v) is 2.70. The van der Waals surface area contributed by atoms with Gasteiger partial charge in [-0.3, -0.25) is 4.79 Å². The second-order valence-corrected chi connectivity index (χ2v) is 5.29. The molecule has 21 heavy (non-hydrogen) atoms. The molecule has 2 heterocycles. The van der Waals surface area contributed by atoms with Crippen molar-refractivity contribution in [2.75, 3.05) is 13.2 Å². The van der Waals surface area contributed by atoms with Gasteiger partial charge in [-0.25, -0.2) is 4.68 Å². The van der Waals surface area contributed by atoms with E-state index in [-0.39, 0.29) is 12.3 Å². The van der Waals surface area contributed by atoms with Crippen LogP contribution in [0.25, 0.3) is 0 Å². The Morgan fingerprint density at radius 3 is 2.86 bits per heavy atom. The molecule has 1 fully saturated rings. The fraction of sp³-hybridized carbons (Fsp3) is 0.714. The fourth-order valence-electron chi connectivity index (χ4n) is 2.70. The maximum atomic E-state index is 11.2. The van der Waals surface area contributed by atoms with Crippen LogP contribution in [0, 0.1) is 11.3 Å². The summed E-state index contributed by atoms with van der Waals surface area (Å²) in [5, 5.41) is 16.9.